The lowest BCUT2D eigenvalue weighted by Gasteiger charge is -2.36. The number of hydrogen-bond acceptors (Lipinski definition) is 3. The molecule has 0 aliphatic carbocycles. The van der Waals surface area contributed by atoms with Gasteiger partial charge in [-0.15, -0.1) is 0 Å². The van der Waals surface area contributed by atoms with Crippen molar-refractivity contribution < 1.29 is 8.42 Å². The van der Waals surface area contributed by atoms with Gasteiger partial charge in [-0.1, -0.05) is 35.9 Å². The van der Waals surface area contributed by atoms with Gasteiger partial charge in [0.05, 0.1) is 5.02 Å². The highest BCUT2D eigenvalue weighted by molar-refractivity contribution is 7.89. The molecule has 2 aromatic carbocycles. The normalized spacial score (nSPS) is 16.4. The van der Waals surface area contributed by atoms with Crippen LogP contribution >= 0.6 is 11.6 Å². The third-order valence-electron chi connectivity index (χ3n) is 4.61. The van der Waals surface area contributed by atoms with E-state index in [-0.39, 0.29) is 9.92 Å². The summed E-state index contributed by atoms with van der Waals surface area (Å²) in [5, 5.41) is 0.273. The van der Waals surface area contributed by atoms with Crippen molar-refractivity contribution in [2.45, 2.75) is 18.7 Å². The second-order valence-electron chi connectivity index (χ2n) is 6.04. The van der Waals surface area contributed by atoms with Crippen molar-refractivity contribution in [2.75, 3.05) is 31.1 Å². The maximum absolute atomic E-state index is 12.8. The van der Waals surface area contributed by atoms with E-state index in [2.05, 4.69) is 30.9 Å². The second kappa shape index (κ2) is 6.75. The topological polar surface area (TPSA) is 40.6 Å². The molecule has 128 valence electrons. The van der Waals surface area contributed by atoms with Crippen LogP contribution in [0.25, 0.3) is 0 Å². The molecule has 1 fully saturated rings. The van der Waals surface area contributed by atoms with E-state index in [1.54, 1.807) is 24.3 Å². The van der Waals surface area contributed by atoms with E-state index in [4.69, 9.17) is 11.6 Å². The molecule has 0 saturated carbocycles. The number of hydrogen-bond donors (Lipinski definition) is 0. The minimum atomic E-state index is -3.54. The summed E-state index contributed by atoms with van der Waals surface area (Å²) in [5.74, 6) is 0. The van der Waals surface area contributed by atoms with Gasteiger partial charge in [0, 0.05) is 31.9 Å². The maximum atomic E-state index is 12.8. The smallest absolute Gasteiger partial charge is 0.244 e. The van der Waals surface area contributed by atoms with Crippen LogP contribution in [0, 0.1) is 13.8 Å². The van der Waals surface area contributed by atoms with Crippen molar-refractivity contribution in [1.82, 2.24) is 4.31 Å². The number of rotatable bonds is 3. The lowest BCUT2D eigenvalue weighted by Crippen LogP contribution is -2.48. The molecule has 1 saturated heterocycles. The molecule has 0 N–H and O–H groups in total. The first-order valence-corrected chi connectivity index (χ1v) is 9.79. The van der Waals surface area contributed by atoms with Crippen LogP contribution in [0.5, 0.6) is 0 Å². The molecule has 0 spiro atoms. The van der Waals surface area contributed by atoms with Crippen LogP contribution in [-0.4, -0.2) is 38.9 Å². The van der Waals surface area contributed by atoms with Crippen molar-refractivity contribution in [2.24, 2.45) is 0 Å². The van der Waals surface area contributed by atoms with Crippen LogP contribution in [0.1, 0.15) is 11.1 Å². The molecule has 1 heterocycles. The largest absolute Gasteiger partial charge is 0.369 e. The molecule has 0 unspecified atom stereocenters. The Balaban J connectivity index is 1.78. The summed E-state index contributed by atoms with van der Waals surface area (Å²) in [6.07, 6.45) is 0. The van der Waals surface area contributed by atoms with Gasteiger partial charge in [-0.05, 0) is 43.2 Å². The molecule has 1 aliphatic heterocycles. The van der Waals surface area contributed by atoms with Gasteiger partial charge in [-0.3, -0.25) is 0 Å². The van der Waals surface area contributed by atoms with E-state index in [0.29, 0.717) is 26.2 Å². The standard InChI is InChI=1S/C18H21ClN2O2S/c1-14-6-5-8-17(15(14)2)20-10-12-21(13-11-20)24(22,23)18-9-4-3-7-16(18)19/h3-9H,10-13H2,1-2H3. The van der Waals surface area contributed by atoms with Gasteiger partial charge in [0.2, 0.25) is 10.0 Å². The van der Waals surface area contributed by atoms with Crippen LogP contribution in [0.2, 0.25) is 5.02 Å². The average molecular weight is 365 g/mol. The number of aryl methyl sites for hydroxylation is 1. The highest BCUT2D eigenvalue weighted by Crippen LogP contribution is 2.27. The molecule has 0 bridgehead atoms. The van der Waals surface area contributed by atoms with Crippen LogP contribution in [-0.2, 0) is 10.0 Å². The molecule has 2 aromatic rings. The number of benzene rings is 2. The third-order valence-corrected chi connectivity index (χ3v) is 7.01. The van der Waals surface area contributed by atoms with Crippen molar-refractivity contribution in [3.8, 4) is 0 Å². The monoisotopic (exact) mass is 364 g/mol. The first kappa shape index (κ1) is 17.3. The Hall–Kier alpha value is -1.56. The lowest BCUT2D eigenvalue weighted by molar-refractivity contribution is 0.385. The minimum absolute atomic E-state index is 0.187. The SMILES string of the molecule is Cc1cccc(N2CCN(S(=O)(=O)c3ccccc3Cl)CC2)c1C. The van der Waals surface area contributed by atoms with Crippen LogP contribution in [0.4, 0.5) is 5.69 Å². The minimum Gasteiger partial charge on any atom is -0.369 e. The quantitative estimate of drug-likeness (QED) is 0.837. The summed E-state index contributed by atoms with van der Waals surface area (Å²) in [6, 6.07) is 12.8. The summed E-state index contributed by atoms with van der Waals surface area (Å²) in [4.78, 5) is 2.44. The maximum Gasteiger partial charge on any atom is 0.244 e. The molecule has 0 radical (unpaired) electrons. The van der Waals surface area contributed by atoms with E-state index < -0.39 is 10.0 Å². The molecule has 1 aliphatic rings. The van der Waals surface area contributed by atoms with Gasteiger partial charge >= 0.3 is 0 Å². The Morgan fingerprint density at radius 1 is 0.917 bits per heavy atom. The lowest BCUT2D eigenvalue weighted by atomic mass is 10.1. The highest BCUT2D eigenvalue weighted by atomic mass is 35.5. The average Bonchev–Trinajstić information content (AvgIpc) is 2.58. The number of halogens is 1. The fraction of sp³-hybridized carbons (Fsp3) is 0.333. The number of sulfonamides is 1. The van der Waals surface area contributed by atoms with Crippen molar-refractivity contribution in [3.05, 3.63) is 58.6 Å². The van der Waals surface area contributed by atoms with E-state index in [1.165, 1.54) is 21.1 Å². The Morgan fingerprint density at radius 3 is 2.25 bits per heavy atom. The van der Waals surface area contributed by atoms with Gasteiger partial charge in [0.1, 0.15) is 4.90 Å². The fourth-order valence-corrected chi connectivity index (χ4v) is 4.96. The zero-order chi connectivity index (χ0) is 17.3. The summed E-state index contributed by atoms with van der Waals surface area (Å²) in [5.41, 5.74) is 3.68. The first-order chi connectivity index (χ1) is 11.4. The third kappa shape index (κ3) is 3.16. The number of anilines is 1. The summed E-state index contributed by atoms with van der Waals surface area (Å²) in [7, 11) is -3.54. The summed E-state index contributed by atoms with van der Waals surface area (Å²) in [6.45, 7) is 6.47. The van der Waals surface area contributed by atoms with Crippen molar-refractivity contribution >= 4 is 27.3 Å². The Bertz CT molecular complexity index is 844. The molecule has 3 rings (SSSR count). The van der Waals surface area contributed by atoms with Crippen LogP contribution in [0.3, 0.4) is 0 Å². The highest BCUT2D eigenvalue weighted by Gasteiger charge is 2.30. The Morgan fingerprint density at radius 2 is 1.58 bits per heavy atom. The van der Waals surface area contributed by atoms with Gasteiger partial charge in [-0.25, -0.2) is 8.42 Å². The molecular formula is C18H21ClN2O2S. The molecule has 0 atom stereocenters. The zero-order valence-electron chi connectivity index (χ0n) is 13.9. The van der Waals surface area contributed by atoms with Gasteiger partial charge < -0.3 is 4.90 Å². The Kier molecular flexibility index (Phi) is 4.85. The van der Waals surface area contributed by atoms with E-state index in [9.17, 15) is 8.42 Å². The van der Waals surface area contributed by atoms with Crippen LogP contribution < -0.4 is 4.90 Å². The zero-order valence-corrected chi connectivity index (χ0v) is 15.4. The van der Waals surface area contributed by atoms with Crippen molar-refractivity contribution in [3.63, 3.8) is 0 Å². The number of piperazine rings is 1. The predicted octanol–water partition coefficient (Wildman–Crippen LogP) is 3.47. The molecule has 6 heteroatoms. The Labute approximate surface area is 148 Å². The van der Waals surface area contributed by atoms with E-state index in [1.807, 2.05) is 6.07 Å². The van der Waals surface area contributed by atoms with Crippen molar-refractivity contribution in [1.29, 1.82) is 0 Å². The predicted molar refractivity (Wildman–Crippen MR) is 98.3 cm³/mol. The van der Waals surface area contributed by atoms with Gasteiger partial charge in [0.25, 0.3) is 0 Å². The molecule has 4 nitrogen and oxygen atoms in total. The van der Waals surface area contributed by atoms with E-state index >= 15 is 0 Å². The second-order valence-corrected chi connectivity index (χ2v) is 8.35. The molecule has 24 heavy (non-hydrogen) atoms. The molecule has 0 aromatic heterocycles. The van der Waals surface area contributed by atoms with E-state index in [0.717, 1.165) is 0 Å². The molecular weight excluding hydrogens is 344 g/mol. The summed E-state index contributed by atoms with van der Waals surface area (Å²) >= 11 is 6.07. The molecule has 0 amide bonds. The van der Waals surface area contributed by atoms with Crippen LogP contribution in [0.15, 0.2) is 47.4 Å². The summed E-state index contributed by atoms with van der Waals surface area (Å²) < 4.78 is 27.1. The van der Waals surface area contributed by atoms with Gasteiger partial charge in [0.15, 0.2) is 0 Å². The number of nitrogens with zero attached hydrogens (tertiary/aromatic N) is 2. The van der Waals surface area contributed by atoms with Gasteiger partial charge in [-0.2, -0.15) is 4.31 Å². The first-order valence-electron chi connectivity index (χ1n) is 7.97. The fourth-order valence-electron chi connectivity index (χ4n) is 3.04.